The van der Waals surface area contributed by atoms with E-state index in [4.69, 9.17) is 4.74 Å². The molecule has 0 radical (unpaired) electrons. The molecule has 0 spiro atoms. The third-order valence-corrected chi connectivity index (χ3v) is 7.59. The van der Waals surface area contributed by atoms with Gasteiger partial charge in [0.2, 0.25) is 0 Å². The van der Waals surface area contributed by atoms with E-state index in [0.717, 1.165) is 5.56 Å². The van der Waals surface area contributed by atoms with Crippen molar-refractivity contribution >= 4 is 23.2 Å². The second-order valence-electron chi connectivity index (χ2n) is 11.5. The van der Waals surface area contributed by atoms with Gasteiger partial charge in [-0.3, -0.25) is 14.5 Å². The van der Waals surface area contributed by atoms with Crippen LogP contribution < -0.4 is 15.0 Å². The summed E-state index contributed by atoms with van der Waals surface area (Å²) >= 11 is 0. The summed E-state index contributed by atoms with van der Waals surface area (Å²) in [5.41, 5.74) is 3.21. The number of benzene rings is 2. The van der Waals surface area contributed by atoms with E-state index in [1.165, 1.54) is 11.0 Å². The smallest absolute Gasteiger partial charge is 0.278 e. The Morgan fingerprint density at radius 1 is 1.05 bits per heavy atom. The minimum Gasteiger partial charge on any atom is -0.489 e. The van der Waals surface area contributed by atoms with Crippen LogP contribution in [0.15, 0.2) is 96.3 Å². The Hall–Kier alpha value is -4.85. The van der Waals surface area contributed by atoms with E-state index in [9.17, 15) is 9.59 Å². The predicted octanol–water partition coefficient (Wildman–Crippen LogP) is 6.96. The highest BCUT2D eigenvalue weighted by Crippen LogP contribution is 2.48. The lowest BCUT2D eigenvalue weighted by Gasteiger charge is -2.36. The molecular weight excluding hydrogens is 531 g/mol. The van der Waals surface area contributed by atoms with Crippen molar-refractivity contribution in [2.24, 2.45) is 5.41 Å². The van der Waals surface area contributed by atoms with Crippen LogP contribution in [0.4, 0.5) is 15.9 Å². The maximum atomic E-state index is 16.2. The Morgan fingerprint density at radius 3 is 2.62 bits per heavy atom. The number of hydrogen-bond acceptors (Lipinski definition) is 6. The molecule has 3 heterocycles. The summed E-state index contributed by atoms with van der Waals surface area (Å²) in [4.78, 5) is 38.7. The van der Waals surface area contributed by atoms with Crippen LogP contribution in [0.5, 0.6) is 5.75 Å². The SMILES string of the molecule is Cc1cccc(C(=O)N2c3ncccc3NC3=C(C(=O)CC(C)(C)C3)C2c2ccc(OCc3ccccc3)cc2F)n1. The number of Topliss-reactive ketones (excluding diaryl/α,β-unsaturated/α-hetero) is 1. The number of allylic oxidation sites excluding steroid dienone is 1. The van der Waals surface area contributed by atoms with Crippen molar-refractivity contribution in [3.8, 4) is 5.75 Å². The molecule has 0 bridgehead atoms. The van der Waals surface area contributed by atoms with E-state index in [-0.39, 0.29) is 35.5 Å². The summed E-state index contributed by atoms with van der Waals surface area (Å²) in [6, 6.07) is 21.8. The van der Waals surface area contributed by atoms with Crippen molar-refractivity contribution in [2.45, 2.75) is 46.3 Å². The molecule has 1 unspecified atom stereocenters. The number of amides is 1. The van der Waals surface area contributed by atoms with Crippen molar-refractivity contribution in [1.82, 2.24) is 9.97 Å². The fraction of sp³-hybridized carbons (Fsp3) is 0.235. The molecule has 2 aromatic carbocycles. The number of rotatable bonds is 5. The van der Waals surface area contributed by atoms with Crippen molar-refractivity contribution in [3.63, 3.8) is 0 Å². The van der Waals surface area contributed by atoms with Gasteiger partial charge in [0.15, 0.2) is 11.6 Å². The maximum Gasteiger partial charge on any atom is 0.278 e. The Kier molecular flexibility index (Phi) is 7.06. The van der Waals surface area contributed by atoms with Gasteiger partial charge in [0.25, 0.3) is 5.91 Å². The number of aryl methyl sites for hydroxylation is 1. The molecule has 1 aliphatic heterocycles. The predicted molar refractivity (Wildman–Crippen MR) is 159 cm³/mol. The van der Waals surface area contributed by atoms with Crippen LogP contribution in [-0.2, 0) is 11.4 Å². The number of ether oxygens (including phenoxy) is 1. The number of fused-ring (bicyclic) bond motifs is 1. The lowest BCUT2D eigenvalue weighted by atomic mass is 9.73. The number of pyridine rings is 2. The zero-order chi connectivity index (χ0) is 29.4. The van der Waals surface area contributed by atoms with E-state index < -0.39 is 17.8 Å². The Bertz CT molecular complexity index is 1720. The van der Waals surface area contributed by atoms with Crippen molar-refractivity contribution in [1.29, 1.82) is 0 Å². The first-order valence-corrected chi connectivity index (χ1v) is 13.9. The number of ketones is 1. The molecule has 0 saturated carbocycles. The third kappa shape index (κ3) is 5.28. The Morgan fingerprint density at radius 2 is 1.86 bits per heavy atom. The maximum absolute atomic E-state index is 16.2. The van der Waals surface area contributed by atoms with Gasteiger partial charge in [-0.1, -0.05) is 50.2 Å². The number of nitrogens with zero attached hydrogens (tertiary/aromatic N) is 3. The average Bonchev–Trinajstić information content (AvgIpc) is 3.10. The second kappa shape index (κ2) is 10.9. The molecule has 2 aromatic heterocycles. The molecule has 1 atom stereocenters. The summed E-state index contributed by atoms with van der Waals surface area (Å²) in [6.07, 6.45) is 2.39. The molecule has 42 heavy (non-hydrogen) atoms. The Labute approximate surface area is 244 Å². The van der Waals surface area contributed by atoms with Crippen LogP contribution in [0.1, 0.15) is 60.0 Å². The molecule has 8 heteroatoms. The fourth-order valence-electron chi connectivity index (χ4n) is 5.72. The van der Waals surface area contributed by atoms with Gasteiger partial charge in [-0.15, -0.1) is 0 Å². The standard InChI is InChI=1S/C34H31FN4O3/c1-21-9-7-12-27(37-21)33(41)39-31(24-15-14-23(17-25(24)35)42-20-22-10-5-4-6-11-22)30-28(18-34(2,3)19-29(30)40)38-26-13-8-16-36-32(26)39/h4-17,31,38H,18-20H2,1-3H3. The minimum atomic E-state index is -1.08. The molecule has 2 aliphatic rings. The van der Waals surface area contributed by atoms with Crippen LogP contribution in [0, 0.1) is 18.2 Å². The normalized spacial score (nSPS) is 17.6. The molecule has 1 N–H and O–H groups in total. The summed E-state index contributed by atoms with van der Waals surface area (Å²) in [6.45, 7) is 6.13. The number of anilines is 2. The zero-order valence-electron chi connectivity index (χ0n) is 23.7. The largest absolute Gasteiger partial charge is 0.489 e. The molecule has 1 amide bonds. The van der Waals surface area contributed by atoms with Gasteiger partial charge in [0.05, 0.1) is 11.7 Å². The minimum absolute atomic E-state index is 0.148. The van der Waals surface area contributed by atoms with E-state index in [0.29, 0.717) is 40.6 Å². The fourth-order valence-corrected chi connectivity index (χ4v) is 5.72. The average molecular weight is 563 g/mol. The van der Waals surface area contributed by atoms with E-state index in [1.54, 1.807) is 49.5 Å². The van der Waals surface area contributed by atoms with Crippen LogP contribution >= 0.6 is 0 Å². The summed E-state index contributed by atoms with van der Waals surface area (Å²) < 4.78 is 22.1. The number of nitrogens with one attached hydrogen (secondary N) is 1. The van der Waals surface area contributed by atoms with E-state index in [1.807, 2.05) is 50.2 Å². The number of halogens is 1. The number of aromatic nitrogens is 2. The molecular formula is C34H31FN4O3. The van der Waals surface area contributed by atoms with Gasteiger partial charge >= 0.3 is 0 Å². The highest BCUT2D eigenvalue weighted by atomic mass is 19.1. The lowest BCUT2D eigenvalue weighted by molar-refractivity contribution is -0.118. The summed E-state index contributed by atoms with van der Waals surface area (Å²) in [7, 11) is 0. The highest BCUT2D eigenvalue weighted by molar-refractivity contribution is 6.10. The molecule has 4 aromatic rings. The molecule has 0 fully saturated rings. The second-order valence-corrected chi connectivity index (χ2v) is 11.5. The van der Waals surface area contributed by atoms with Crippen LogP contribution in [-0.4, -0.2) is 21.7 Å². The van der Waals surface area contributed by atoms with E-state index >= 15 is 4.39 Å². The Balaban J connectivity index is 1.51. The third-order valence-electron chi connectivity index (χ3n) is 7.59. The summed E-state index contributed by atoms with van der Waals surface area (Å²) in [5, 5.41) is 3.40. The van der Waals surface area contributed by atoms with Crippen LogP contribution in [0.2, 0.25) is 0 Å². The van der Waals surface area contributed by atoms with Gasteiger partial charge in [-0.05, 0) is 60.7 Å². The topological polar surface area (TPSA) is 84.4 Å². The van der Waals surface area contributed by atoms with Gasteiger partial charge in [0.1, 0.15) is 23.9 Å². The lowest BCUT2D eigenvalue weighted by Crippen LogP contribution is -2.40. The number of carbonyl (C=O) groups is 2. The van der Waals surface area contributed by atoms with Crippen molar-refractivity contribution in [2.75, 3.05) is 10.2 Å². The molecule has 7 nitrogen and oxygen atoms in total. The molecule has 212 valence electrons. The first-order chi connectivity index (χ1) is 20.2. The number of carbonyl (C=O) groups excluding carboxylic acids is 2. The van der Waals surface area contributed by atoms with Crippen LogP contribution in [0.25, 0.3) is 0 Å². The molecule has 6 rings (SSSR count). The van der Waals surface area contributed by atoms with Crippen molar-refractivity contribution in [3.05, 3.63) is 125 Å². The molecule has 0 saturated heterocycles. The van der Waals surface area contributed by atoms with Crippen molar-refractivity contribution < 1.29 is 18.7 Å². The van der Waals surface area contributed by atoms with Gasteiger partial charge in [0, 0.05) is 41.2 Å². The number of hydrogen-bond donors (Lipinski definition) is 1. The van der Waals surface area contributed by atoms with Gasteiger partial charge in [-0.25, -0.2) is 14.4 Å². The van der Waals surface area contributed by atoms with Gasteiger partial charge in [-0.2, -0.15) is 0 Å². The zero-order valence-corrected chi connectivity index (χ0v) is 23.7. The summed E-state index contributed by atoms with van der Waals surface area (Å²) in [5.74, 6) is -0.594. The first kappa shape index (κ1) is 27.3. The molecule has 1 aliphatic carbocycles. The van der Waals surface area contributed by atoms with E-state index in [2.05, 4.69) is 15.3 Å². The van der Waals surface area contributed by atoms with Gasteiger partial charge < -0.3 is 10.1 Å². The van der Waals surface area contributed by atoms with Crippen LogP contribution in [0.3, 0.4) is 0 Å². The quantitative estimate of drug-likeness (QED) is 0.283. The highest BCUT2D eigenvalue weighted by Gasteiger charge is 2.45. The first-order valence-electron chi connectivity index (χ1n) is 13.9. The monoisotopic (exact) mass is 562 g/mol.